The maximum atomic E-state index is 11.6. The van der Waals surface area contributed by atoms with E-state index < -0.39 is 23.9 Å². The molecule has 16 heavy (non-hydrogen) atoms. The van der Waals surface area contributed by atoms with Crippen LogP contribution in [0.4, 0.5) is 0 Å². The normalized spacial score (nSPS) is 16.9. The summed E-state index contributed by atoms with van der Waals surface area (Å²) >= 11 is 0. The third kappa shape index (κ3) is 5.10. The minimum absolute atomic E-state index is 0.940. The number of rotatable bonds is 8. The molecule has 0 aromatic carbocycles. The van der Waals surface area contributed by atoms with Gasteiger partial charge in [0.2, 0.25) is 0 Å². The molecule has 0 rings (SSSR count). The molecular weight excluding hydrogens is 285 g/mol. The van der Waals surface area contributed by atoms with E-state index in [4.69, 9.17) is 0 Å². The number of hydrogen-bond acceptors (Lipinski definition) is 9. The standard InChI is InChI=1S/C4H12O9P3/c1-8-14(5)12-16(7,11-4)13-15(6,9-2)10-3/h1-4H3/q+1. The maximum absolute atomic E-state index is 11.6. The predicted octanol–water partition coefficient (Wildman–Crippen LogP) is 2.48. The first kappa shape index (κ1) is 16.3. The van der Waals surface area contributed by atoms with Gasteiger partial charge in [-0.1, -0.05) is 0 Å². The summed E-state index contributed by atoms with van der Waals surface area (Å²) in [6.07, 6.45) is 0. The van der Waals surface area contributed by atoms with Crippen LogP contribution in [0.2, 0.25) is 0 Å². The molecule has 0 aliphatic carbocycles. The lowest BCUT2D eigenvalue weighted by Gasteiger charge is -2.15. The van der Waals surface area contributed by atoms with Gasteiger partial charge >= 0.3 is 23.9 Å². The van der Waals surface area contributed by atoms with E-state index >= 15 is 0 Å². The molecule has 9 nitrogen and oxygen atoms in total. The van der Waals surface area contributed by atoms with Gasteiger partial charge in [0.1, 0.15) is 0 Å². The Morgan fingerprint density at radius 2 is 1.31 bits per heavy atom. The zero-order valence-electron chi connectivity index (χ0n) is 9.02. The molecule has 2 unspecified atom stereocenters. The fourth-order valence-corrected chi connectivity index (χ4v) is 3.96. The van der Waals surface area contributed by atoms with Crippen molar-refractivity contribution >= 4 is 23.9 Å². The third-order valence-corrected chi connectivity index (χ3v) is 5.76. The highest BCUT2D eigenvalue weighted by atomic mass is 31.3. The molecule has 2 atom stereocenters. The topological polar surface area (TPSA) is 107 Å². The van der Waals surface area contributed by atoms with Crippen LogP contribution in [0.25, 0.3) is 0 Å². The second-order valence-electron chi connectivity index (χ2n) is 2.01. The van der Waals surface area contributed by atoms with Crippen LogP contribution in [-0.4, -0.2) is 28.4 Å². The molecule has 0 aromatic heterocycles. The number of hydrogen-bond donors (Lipinski definition) is 0. The fourth-order valence-electron chi connectivity index (χ4n) is 0.460. The van der Waals surface area contributed by atoms with Gasteiger partial charge in [-0.15, -0.1) is 4.52 Å². The molecule has 0 aliphatic heterocycles. The van der Waals surface area contributed by atoms with E-state index in [1.165, 1.54) is 0 Å². The Bertz CT molecular complexity index is 319. The first-order chi connectivity index (χ1) is 7.34. The molecule has 0 saturated heterocycles. The molecule has 0 spiro atoms. The lowest BCUT2D eigenvalue weighted by molar-refractivity contribution is 0.172. The summed E-state index contributed by atoms with van der Waals surface area (Å²) in [5.74, 6) is 0. The van der Waals surface area contributed by atoms with Crippen LogP contribution in [0.1, 0.15) is 0 Å². The van der Waals surface area contributed by atoms with Crippen LogP contribution in [0, 0.1) is 0 Å². The van der Waals surface area contributed by atoms with Gasteiger partial charge in [0.25, 0.3) is 0 Å². The van der Waals surface area contributed by atoms with Crippen LogP contribution in [0.3, 0.4) is 0 Å². The van der Waals surface area contributed by atoms with Crippen LogP contribution in [0.15, 0.2) is 0 Å². The van der Waals surface area contributed by atoms with Crippen molar-refractivity contribution in [3.8, 4) is 0 Å². The summed E-state index contributed by atoms with van der Waals surface area (Å²) in [5.41, 5.74) is 0. The van der Waals surface area contributed by atoms with Crippen molar-refractivity contribution in [3.05, 3.63) is 0 Å². The smallest absolute Gasteiger partial charge is 0.290 e. The summed E-state index contributed by atoms with van der Waals surface area (Å²) in [6, 6.07) is 0. The third-order valence-electron chi connectivity index (χ3n) is 1.19. The van der Waals surface area contributed by atoms with E-state index in [1.807, 2.05) is 0 Å². The molecule has 12 heteroatoms. The first-order valence-corrected chi connectivity index (χ1v) is 7.66. The summed E-state index contributed by atoms with van der Waals surface area (Å²) in [6.45, 7) is 0. The van der Waals surface area contributed by atoms with Crippen molar-refractivity contribution in [3.63, 3.8) is 0 Å². The van der Waals surface area contributed by atoms with E-state index in [9.17, 15) is 13.7 Å². The molecule has 0 fully saturated rings. The molecule has 0 aliphatic rings. The molecule has 0 bridgehead atoms. The Labute approximate surface area is 93.5 Å². The second kappa shape index (κ2) is 6.91. The fraction of sp³-hybridized carbons (Fsp3) is 1.00. The lowest BCUT2D eigenvalue weighted by Crippen LogP contribution is -1.96. The predicted molar refractivity (Wildman–Crippen MR) is 53.0 cm³/mol. The molecular formula is C4H12O9P3+. The Morgan fingerprint density at radius 3 is 1.62 bits per heavy atom. The molecule has 0 saturated carbocycles. The zero-order valence-corrected chi connectivity index (χ0v) is 11.7. The Hall–Kier alpha value is 0.320. The summed E-state index contributed by atoms with van der Waals surface area (Å²) in [4.78, 5) is 0. The average Bonchev–Trinajstić information content (AvgIpc) is 2.28. The number of phosphoric acid groups is 2. The maximum Gasteiger partial charge on any atom is 0.708 e. The molecule has 0 N–H and O–H groups in total. The van der Waals surface area contributed by atoms with E-state index in [0.29, 0.717) is 0 Å². The molecule has 96 valence electrons. The SMILES string of the molecule is CO[P+](=O)OP(=O)(OC)OP(=O)(OC)OC. The minimum atomic E-state index is -4.35. The van der Waals surface area contributed by atoms with Crippen molar-refractivity contribution in [2.24, 2.45) is 0 Å². The van der Waals surface area contributed by atoms with Gasteiger partial charge in [-0.05, 0) is 4.31 Å². The van der Waals surface area contributed by atoms with Gasteiger partial charge in [-0.25, -0.2) is 9.13 Å². The van der Waals surface area contributed by atoms with Crippen LogP contribution >= 0.6 is 23.9 Å². The van der Waals surface area contributed by atoms with Crippen LogP contribution in [0.5, 0.6) is 0 Å². The number of phosphoric ester groups is 1. The Balaban J connectivity index is 4.79. The largest absolute Gasteiger partial charge is 0.708 e. The van der Waals surface area contributed by atoms with E-state index in [1.54, 1.807) is 0 Å². The van der Waals surface area contributed by atoms with Crippen LogP contribution < -0.4 is 0 Å². The van der Waals surface area contributed by atoms with Crippen molar-refractivity contribution in [2.75, 3.05) is 28.4 Å². The molecule has 0 amide bonds. The van der Waals surface area contributed by atoms with Gasteiger partial charge in [0, 0.05) is 25.9 Å². The highest BCUT2D eigenvalue weighted by Gasteiger charge is 2.46. The summed E-state index contributed by atoms with van der Waals surface area (Å²) in [5, 5.41) is 0. The first-order valence-electron chi connectivity index (χ1n) is 3.64. The van der Waals surface area contributed by atoms with Gasteiger partial charge in [0.15, 0.2) is 0 Å². The minimum Gasteiger partial charge on any atom is -0.290 e. The van der Waals surface area contributed by atoms with Gasteiger partial charge < -0.3 is 0 Å². The van der Waals surface area contributed by atoms with Crippen molar-refractivity contribution in [1.82, 2.24) is 0 Å². The average molecular weight is 297 g/mol. The van der Waals surface area contributed by atoms with Gasteiger partial charge in [-0.2, -0.15) is 4.31 Å². The van der Waals surface area contributed by atoms with E-state index in [-0.39, 0.29) is 0 Å². The van der Waals surface area contributed by atoms with Crippen molar-refractivity contribution in [1.29, 1.82) is 0 Å². The highest BCUT2D eigenvalue weighted by molar-refractivity contribution is 7.65. The van der Waals surface area contributed by atoms with Gasteiger partial charge in [0.05, 0.1) is 7.11 Å². The summed E-state index contributed by atoms with van der Waals surface area (Å²) < 4.78 is 59.9. The Morgan fingerprint density at radius 1 is 0.875 bits per heavy atom. The molecule has 0 aromatic rings. The molecule has 0 radical (unpaired) electrons. The van der Waals surface area contributed by atoms with Crippen molar-refractivity contribution in [2.45, 2.75) is 0 Å². The quantitative estimate of drug-likeness (QED) is 0.624. The molecule has 0 heterocycles. The Kier molecular flexibility index (Phi) is 7.05. The summed E-state index contributed by atoms with van der Waals surface area (Å²) in [7, 11) is -7.18. The monoisotopic (exact) mass is 297 g/mol. The van der Waals surface area contributed by atoms with Crippen molar-refractivity contribution < 1.29 is 40.4 Å². The van der Waals surface area contributed by atoms with E-state index in [0.717, 1.165) is 28.4 Å². The van der Waals surface area contributed by atoms with E-state index in [2.05, 4.69) is 26.7 Å². The second-order valence-corrected chi connectivity index (χ2v) is 7.01. The van der Waals surface area contributed by atoms with Crippen LogP contribution in [-0.2, 0) is 40.4 Å². The lowest BCUT2D eigenvalue weighted by atomic mass is 11.8. The highest BCUT2D eigenvalue weighted by Crippen LogP contribution is 2.67. The zero-order chi connectivity index (χ0) is 12.8. The van der Waals surface area contributed by atoms with Gasteiger partial charge in [-0.3, -0.25) is 13.6 Å².